The van der Waals surface area contributed by atoms with Crippen LogP contribution in [0.25, 0.3) is 15.8 Å². The fourth-order valence-electron chi connectivity index (χ4n) is 2.97. The van der Waals surface area contributed by atoms with Crippen LogP contribution in [0.15, 0.2) is 34.2 Å². The summed E-state index contributed by atoms with van der Waals surface area (Å²) in [5.74, 6) is 0.546. The van der Waals surface area contributed by atoms with Gasteiger partial charge in [-0.05, 0) is 29.9 Å². The summed E-state index contributed by atoms with van der Waals surface area (Å²) in [6.45, 7) is 8.72. The number of aliphatic imine (C=N–C) groups is 1. The summed E-state index contributed by atoms with van der Waals surface area (Å²) >= 11 is 3.79. The number of hydrogen-bond acceptors (Lipinski definition) is 4. The number of hydrogen-bond donors (Lipinski definition) is 0. The fourth-order valence-corrected chi connectivity index (χ4v) is 5.43. The van der Waals surface area contributed by atoms with Crippen molar-refractivity contribution in [2.75, 3.05) is 13.1 Å². The van der Waals surface area contributed by atoms with E-state index in [2.05, 4.69) is 54.9 Å². The average Bonchev–Trinajstić information content (AvgIpc) is 3.10. The van der Waals surface area contributed by atoms with Crippen LogP contribution in [-0.4, -0.2) is 23.2 Å². The fraction of sp³-hybridized carbons (Fsp3) is 0.353. The minimum absolute atomic E-state index is 0.546. The highest BCUT2D eigenvalue weighted by Crippen LogP contribution is 2.47. The number of benzene rings is 1. The molecule has 0 spiro atoms. The zero-order valence-corrected chi connectivity index (χ0v) is 14.1. The summed E-state index contributed by atoms with van der Waals surface area (Å²) in [5, 5.41) is 2.56. The second-order valence-corrected chi connectivity index (χ2v) is 7.95. The van der Waals surface area contributed by atoms with Crippen molar-refractivity contribution in [3.05, 3.63) is 39.6 Å². The lowest BCUT2D eigenvalue weighted by Gasteiger charge is -2.16. The number of aryl methyl sites for hydroxylation is 1. The van der Waals surface area contributed by atoms with Crippen molar-refractivity contribution in [1.29, 1.82) is 0 Å². The summed E-state index contributed by atoms with van der Waals surface area (Å²) in [6.07, 6.45) is 0. The van der Waals surface area contributed by atoms with Crippen molar-refractivity contribution in [3.8, 4) is 0 Å². The highest BCUT2D eigenvalue weighted by Gasteiger charge is 2.34. The van der Waals surface area contributed by atoms with Gasteiger partial charge in [0.1, 0.15) is 0 Å². The van der Waals surface area contributed by atoms with Gasteiger partial charge in [0.05, 0.1) is 17.1 Å². The third-order valence-electron chi connectivity index (χ3n) is 4.00. The molecule has 108 valence electrons. The lowest BCUT2D eigenvalue weighted by atomic mass is 10.1. The first kappa shape index (κ1) is 13.4. The molecule has 0 bridgehead atoms. The molecule has 2 nitrogen and oxygen atoms in total. The van der Waals surface area contributed by atoms with Gasteiger partial charge in [0.15, 0.2) is 5.17 Å². The SMILES string of the molecule is Cc1cccc2cc(C3=C(C(C)C)SC4=NCCN43)sc12. The maximum Gasteiger partial charge on any atom is 0.168 e. The van der Waals surface area contributed by atoms with E-state index in [1.807, 2.05) is 23.1 Å². The monoisotopic (exact) mass is 314 g/mol. The lowest BCUT2D eigenvalue weighted by molar-refractivity contribution is 0.642. The maximum absolute atomic E-state index is 4.65. The molecule has 0 amide bonds. The van der Waals surface area contributed by atoms with Crippen LogP contribution in [0.3, 0.4) is 0 Å². The molecule has 2 aromatic rings. The summed E-state index contributed by atoms with van der Waals surface area (Å²) in [5.41, 5.74) is 2.78. The van der Waals surface area contributed by atoms with E-state index in [-0.39, 0.29) is 0 Å². The quantitative estimate of drug-likeness (QED) is 0.779. The molecule has 2 aliphatic heterocycles. The van der Waals surface area contributed by atoms with Gasteiger partial charge in [-0.25, -0.2) is 0 Å². The largest absolute Gasteiger partial charge is 0.317 e. The molecule has 0 radical (unpaired) electrons. The Hall–Kier alpha value is -1.26. The number of thioether (sulfide) groups is 1. The van der Waals surface area contributed by atoms with Crippen molar-refractivity contribution < 1.29 is 0 Å². The molecule has 0 fully saturated rings. The molecule has 0 unspecified atom stereocenters. The molecule has 1 aromatic carbocycles. The van der Waals surface area contributed by atoms with E-state index in [4.69, 9.17) is 0 Å². The summed E-state index contributed by atoms with van der Waals surface area (Å²) < 4.78 is 1.41. The van der Waals surface area contributed by atoms with Gasteiger partial charge in [0.25, 0.3) is 0 Å². The first-order chi connectivity index (χ1) is 10.1. The van der Waals surface area contributed by atoms with Gasteiger partial charge in [0.2, 0.25) is 0 Å². The van der Waals surface area contributed by atoms with E-state index in [1.165, 1.54) is 36.3 Å². The van der Waals surface area contributed by atoms with E-state index in [0.29, 0.717) is 5.92 Å². The van der Waals surface area contributed by atoms with E-state index in [1.54, 1.807) is 0 Å². The van der Waals surface area contributed by atoms with E-state index in [0.717, 1.165) is 13.1 Å². The molecule has 21 heavy (non-hydrogen) atoms. The van der Waals surface area contributed by atoms with Crippen LogP contribution in [0.1, 0.15) is 24.3 Å². The Labute approximate surface area is 133 Å². The number of amidine groups is 1. The standard InChI is InChI=1S/C17H18N2S2/c1-10(2)15-14(19-8-7-18-17(19)21-15)13-9-12-6-4-5-11(3)16(12)20-13/h4-6,9-10H,7-8H2,1-3H3. The van der Waals surface area contributed by atoms with Crippen LogP contribution in [0.5, 0.6) is 0 Å². The minimum Gasteiger partial charge on any atom is -0.317 e. The summed E-state index contributed by atoms with van der Waals surface area (Å²) in [4.78, 5) is 9.92. The smallest absolute Gasteiger partial charge is 0.168 e. The highest BCUT2D eigenvalue weighted by atomic mass is 32.2. The maximum atomic E-state index is 4.65. The molecule has 0 aliphatic carbocycles. The van der Waals surface area contributed by atoms with E-state index >= 15 is 0 Å². The van der Waals surface area contributed by atoms with Gasteiger partial charge in [-0.1, -0.05) is 43.8 Å². The van der Waals surface area contributed by atoms with Gasteiger partial charge in [-0.15, -0.1) is 11.3 Å². The number of fused-ring (bicyclic) bond motifs is 2. The third-order valence-corrected chi connectivity index (χ3v) is 6.71. The normalized spacial score (nSPS) is 18.1. The van der Waals surface area contributed by atoms with Crippen LogP contribution in [0.4, 0.5) is 0 Å². The molecular weight excluding hydrogens is 296 g/mol. The topological polar surface area (TPSA) is 15.6 Å². The molecule has 0 N–H and O–H groups in total. The predicted octanol–water partition coefficient (Wildman–Crippen LogP) is 4.95. The molecule has 0 atom stereocenters. The Morgan fingerprint density at radius 1 is 1.29 bits per heavy atom. The minimum atomic E-state index is 0.546. The van der Waals surface area contributed by atoms with Gasteiger partial charge < -0.3 is 4.90 Å². The number of thiophene rings is 1. The second kappa shape index (κ2) is 4.89. The first-order valence-corrected chi connectivity index (χ1v) is 9.02. The summed E-state index contributed by atoms with van der Waals surface area (Å²) in [6, 6.07) is 8.93. The van der Waals surface area contributed by atoms with Gasteiger partial charge in [-0.3, -0.25) is 4.99 Å². The van der Waals surface area contributed by atoms with Gasteiger partial charge in [-0.2, -0.15) is 0 Å². The van der Waals surface area contributed by atoms with Crippen molar-refractivity contribution in [3.63, 3.8) is 0 Å². The van der Waals surface area contributed by atoms with E-state index in [9.17, 15) is 0 Å². The second-order valence-electron chi connectivity index (χ2n) is 5.89. The zero-order chi connectivity index (χ0) is 14.6. The number of allylic oxidation sites excluding steroid dienone is 1. The molecule has 3 heterocycles. The molecule has 1 aromatic heterocycles. The molecule has 4 heteroatoms. The number of nitrogens with zero attached hydrogens (tertiary/aromatic N) is 2. The van der Waals surface area contributed by atoms with Gasteiger partial charge >= 0.3 is 0 Å². The summed E-state index contributed by atoms with van der Waals surface area (Å²) in [7, 11) is 0. The van der Waals surface area contributed by atoms with Crippen molar-refractivity contribution in [2.24, 2.45) is 10.9 Å². The molecule has 0 saturated heterocycles. The van der Waals surface area contributed by atoms with Crippen LogP contribution in [0, 0.1) is 12.8 Å². The Balaban J connectivity index is 1.90. The average molecular weight is 314 g/mol. The molecule has 0 saturated carbocycles. The lowest BCUT2D eigenvalue weighted by Crippen LogP contribution is -2.19. The Bertz CT molecular complexity index is 783. The predicted molar refractivity (Wildman–Crippen MR) is 94.9 cm³/mol. The van der Waals surface area contributed by atoms with Crippen LogP contribution < -0.4 is 0 Å². The highest BCUT2D eigenvalue weighted by molar-refractivity contribution is 8.17. The van der Waals surface area contributed by atoms with Crippen LogP contribution in [-0.2, 0) is 0 Å². The molecule has 2 aliphatic rings. The first-order valence-electron chi connectivity index (χ1n) is 7.38. The van der Waals surface area contributed by atoms with Crippen LogP contribution >= 0.6 is 23.1 Å². The van der Waals surface area contributed by atoms with Crippen molar-refractivity contribution in [2.45, 2.75) is 20.8 Å². The Kier molecular flexibility index (Phi) is 3.12. The Morgan fingerprint density at radius 3 is 2.90 bits per heavy atom. The third kappa shape index (κ3) is 2.04. The molecule has 4 rings (SSSR count). The number of rotatable bonds is 2. The van der Waals surface area contributed by atoms with Crippen LogP contribution in [0.2, 0.25) is 0 Å². The van der Waals surface area contributed by atoms with Crippen molar-refractivity contribution in [1.82, 2.24) is 4.90 Å². The zero-order valence-electron chi connectivity index (χ0n) is 12.5. The molecular formula is C17H18N2S2. The van der Waals surface area contributed by atoms with E-state index < -0.39 is 0 Å². The Morgan fingerprint density at radius 2 is 2.14 bits per heavy atom. The van der Waals surface area contributed by atoms with Gasteiger partial charge in [0, 0.05) is 16.1 Å². The van der Waals surface area contributed by atoms with Crippen molar-refractivity contribution >= 4 is 44.0 Å².